The standard InChI is InChI=1S/C10H11N3O3S2/c11-6(10(14)15)4-17-5-8-12-9(13-16-8)7-2-1-3-18-7/h1-3,6H,4-5,11H2,(H,14,15). The van der Waals surface area contributed by atoms with E-state index in [2.05, 4.69) is 10.1 Å². The number of thiophene rings is 1. The third kappa shape index (κ3) is 3.31. The lowest BCUT2D eigenvalue weighted by Gasteiger charge is -2.03. The van der Waals surface area contributed by atoms with Crippen LogP contribution in [-0.4, -0.2) is 33.0 Å². The van der Waals surface area contributed by atoms with Gasteiger partial charge >= 0.3 is 5.97 Å². The molecule has 2 aromatic rings. The Morgan fingerprint density at radius 3 is 3.17 bits per heavy atom. The third-order valence-electron chi connectivity index (χ3n) is 2.05. The van der Waals surface area contributed by atoms with Gasteiger partial charge in [-0.3, -0.25) is 4.79 Å². The molecule has 0 radical (unpaired) electrons. The lowest BCUT2D eigenvalue weighted by molar-refractivity contribution is -0.137. The molecular weight excluding hydrogens is 274 g/mol. The zero-order chi connectivity index (χ0) is 13.0. The normalized spacial score (nSPS) is 12.5. The maximum Gasteiger partial charge on any atom is 0.321 e. The summed E-state index contributed by atoms with van der Waals surface area (Å²) >= 11 is 2.89. The monoisotopic (exact) mass is 285 g/mol. The highest BCUT2D eigenvalue weighted by atomic mass is 32.2. The molecule has 6 nitrogen and oxygen atoms in total. The van der Waals surface area contributed by atoms with Gasteiger partial charge < -0.3 is 15.4 Å². The Kier molecular flexibility index (Phi) is 4.34. The molecule has 2 heterocycles. The van der Waals surface area contributed by atoms with E-state index in [4.69, 9.17) is 15.4 Å². The summed E-state index contributed by atoms with van der Waals surface area (Å²) in [7, 11) is 0. The first kappa shape index (κ1) is 13.1. The van der Waals surface area contributed by atoms with E-state index in [1.807, 2.05) is 17.5 Å². The average Bonchev–Trinajstić information content (AvgIpc) is 2.98. The molecule has 0 bridgehead atoms. The summed E-state index contributed by atoms with van der Waals surface area (Å²) in [6, 6.07) is 2.96. The minimum absolute atomic E-state index is 0.312. The molecule has 1 unspecified atom stereocenters. The first-order chi connectivity index (χ1) is 8.66. The molecule has 96 valence electrons. The molecule has 2 aromatic heterocycles. The van der Waals surface area contributed by atoms with Crippen molar-refractivity contribution in [1.82, 2.24) is 10.1 Å². The van der Waals surface area contributed by atoms with Crippen molar-refractivity contribution in [2.75, 3.05) is 5.75 Å². The second-order valence-corrected chi connectivity index (χ2v) is 5.43. The number of hydrogen-bond donors (Lipinski definition) is 2. The number of carboxylic acids is 1. The first-order valence-corrected chi connectivity index (χ1v) is 7.13. The zero-order valence-corrected chi connectivity index (χ0v) is 10.9. The highest BCUT2D eigenvalue weighted by molar-refractivity contribution is 7.98. The van der Waals surface area contributed by atoms with Gasteiger partial charge in [-0.2, -0.15) is 4.98 Å². The van der Waals surface area contributed by atoms with Gasteiger partial charge in [0.05, 0.1) is 10.6 Å². The Morgan fingerprint density at radius 1 is 1.67 bits per heavy atom. The van der Waals surface area contributed by atoms with Crippen LogP contribution < -0.4 is 5.73 Å². The van der Waals surface area contributed by atoms with Crippen LogP contribution in [0.5, 0.6) is 0 Å². The summed E-state index contributed by atoms with van der Waals surface area (Å²) in [4.78, 5) is 15.7. The van der Waals surface area contributed by atoms with Crippen LogP contribution in [0.1, 0.15) is 5.89 Å². The van der Waals surface area contributed by atoms with E-state index in [9.17, 15) is 4.79 Å². The van der Waals surface area contributed by atoms with Gasteiger partial charge in [-0.1, -0.05) is 11.2 Å². The van der Waals surface area contributed by atoms with E-state index in [0.717, 1.165) is 4.88 Å². The van der Waals surface area contributed by atoms with Crippen LogP contribution in [0.2, 0.25) is 0 Å². The molecule has 0 aliphatic carbocycles. The molecular formula is C10H11N3O3S2. The SMILES string of the molecule is NC(CSCc1nc(-c2cccs2)no1)C(=O)O. The van der Waals surface area contributed by atoms with E-state index in [1.165, 1.54) is 23.1 Å². The summed E-state index contributed by atoms with van der Waals surface area (Å²) in [5.41, 5.74) is 5.38. The molecule has 0 aliphatic heterocycles. The Labute approximate surface area is 111 Å². The number of carboxylic acid groups (broad SMARTS) is 1. The minimum Gasteiger partial charge on any atom is -0.480 e. The maximum atomic E-state index is 10.5. The Hall–Kier alpha value is -1.38. The predicted molar refractivity (Wildman–Crippen MR) is 69.4 cm³/mol. The minimum atomic E-state index is -1.01. The average molecular weight is 285 g/mol. The molecule has 0 amide bonds. The quantitative estimate of drug-likeness (QED) is 0.827. The van der Waals surface area contributed by atoms with Crippen LogP contribution in [0, 0.1) is 0 Å². The van der Waals surface area contributed by atoms with Crippen molar-refractivity contribution < 1.29 is 14.4 Å². The van der Waals surface area contributed by atoms with Gasteiger partial charge in [-0.05, 0) is 11.4 Å². The van der Waals surface area contributed by atoms with Crippen LogP contribution in [0.15, 0.2) is 22.0 Å². The fourth-order valence-corrected chi connectivity index (χ4v) is 2.62. The van der Waals surface area contributed by atoms with Gasteiger partial charge in [0, 0.05) is 5.75 Å². The lowest BCUT2D eigenvalue weighted by atomic mass is 10.4. The topological polar surface area (TPSA) is 102 Å². The predicted octanol–water partition coefficient (Wildman–Crippen LogP) is 1.44. The number of carbonyl (C=O) groups is 1. The van der Waals surface area contributed by atoms with Gasteiger partial charge in [0.15, 0.2) is 0 Å². The Morgan fingerprint density at radius 2 is 2.50 bits per heavy atom. The van der Waals surface area contributed by atoms with Crippen LogP contribution >= 0.6 is 23.1 Å². The van der Waals surface area contributed by atoms with Gasteiger partial charge in [0.25, 0.3) is 0 Å². The number of hydrogen-bond acceptors (Lipinski definition) is 7. The third-order valence-corrected chi connectivity index (χ3v) is 3.96. The second kappa shape index (κ2) is 5.98. The van der Waals surface area contributed by atoms with Gasteiger partial charge in [0.2, 0.25) is 11.7 Å². The number of nitrogens with two attached hydrogens (primary N) is 1. The largest absolute Gasteiger partial charge is 0.480 e. The summed E-state index contributed by atoms with van der Waals surface area (Å²) in [5, 5.41) is 14.4. The highest BCUT2D eigenvalue weighted by Gasteiger charge is 2.13. The second-order valence-electron chi connectivity index (χ2n) is 3.45. The van der Waals surface area contributed by atoms with E-state index >= 15 is 0 Å². The first-order valence-electron chi connectivity index (χ1n) is 5.09. The molecule has 0 aliphatic rings. The van der Waals surface area contributed by atoms with Crippen molar-refractivity contribution in [3.63, 3.8) is 0 Å². The van der Waals surface area contributed by atoms with Gasteiger partial charge in [-0.25, -0.2) is 0 Å². The van der Waals surface area contributed by atoms with Crippen LogP contribution in [0.3, 0.4) is 0 Å². The molecule has 8 heteroatoms. The molecule has 0 saturated heterocycles. The van der Waals surface area contributed by atoms with E-state index in [1.54, 1.807) is 0 Å². The van der Waals surface area contributed by atoms with Crippen molar-refractivity contribution in [3.8, 4) is 10.7 Å². The highest BCUT2D eigenvalue weighted by Crippen LogP contribution is 2.22. The van der Waals surface area contributed by atoms with Crippen molar-refractivity contribution in [2.45, 2.75) is 11.8 Å². The molecule has 0 spiro atoms. The molecule has 1 atom stereocenters. The van der Waals surface area contributed by atoms with Crippen molar-refractivity contribution in [1.29, 1.82) is 0 Å². The summed E-state index contributed by atoms with van der Waals surface area (Å²) in [6.45, 7) is 0. The Balaban J connectivity index is 1.86. The molecule has 2 rings (SSSR count). The molecule has 0 saturated carbocycles. The summed E-state index contributed by atoms with van der Waals surface area (Å²) in [6.07, 6.45) is 0. The fraction of sp³-hybridized carbons (Fsp3) is 0.300. The Bertz CT molecular complexity index is 512. The fourth-order valence-electron chi connectivity index (χ4n) is 1.16. The zero-order valence-electron chi connectivity index (χ0n) is 9.28. The number of aliphatic carboxylic acids is 1. The lowest BCUT2D eigenvalue weighted by Crippen LogP contribution is -2.32. The number of rotatable bonds is 6. The van der Waals surface area contributed by atoms with Crippen LogP contribution in [0.25, 0.3) is 10.7 Å². The van der Waals surface area contributed by atoms with Gasteiger partial charge in [0.1, 0.15) is 6.04 Å². The van der Waals surface area contributed by atoms with E-state index in [0.29, 0.717) is 23.2 Å². The van der Waals surface area contributed by atoms with Crippen molar-refractivity contribution in [2.24, 2.45) is 5.73 Å². The summed E-state index contributed by atoms with van der Waals surface area (Å²) in [5.74, 6) is 0.794. The van der Waals surface area contributed by atoms with Crippen molar-refractivity contribution in [3.05, 3.63) is 23.4 Å². The van der Waals surface area contributed by atoms with Crippen molar-refractivity contribution >= 4 is 29.1 Å². The van der Waals surface area contributed by atoms with E-state index < -0.39 is 12.0 Å². The molecule has 0 aromatic carbocycles. The molecule has 0 fully saturated rings. The number of aromatic nitrogens is 2. The van der Waals surface area contributed by atoms with Crippen LogP contribution in [-0.2, 0) is 10.5 Å². The molecule has 18 heavy (non-hydrogen) atoms. The number of nitrogens with zero attached hydrogens (tertiary/aromatic N) is 2. The van der Waals surface area contributed by atoms with Crippen LogP contribution in [0.4, 0.5) is 0 Å². The maximum absolute atomic E-state index is 10.5. The number of thioether (sulfide) groups is 1. The summed E-state index contributed by atoms with van der Waals surface area (Å²) < 4.78 is 5.07. The van der Waals surface area contributed by atoms with Gasteiger partial charge in [-0.15, -0.1) is 23.1 Å². The van der Waals surface area contributed by atoms with E-state index in [-0.39, 0.29) is 0 Å². The molecule has 3 N–H and O–H groups in total. The smallest absolute Gasteiger partial charge is 0.321 e.